The van der Waals surface area contributed by atoms with Crippen LogP contribution >= 0.6 is 0 Å². The van der Waals surface area contributed by atoms with Gasteiger partial charge in [-0.1, -0.05) is 19.3 Å². The standard InChI is InChI=1S/C16H26N4O/c17-11-12-5-3-6-13(12)16(21)19-14-7-1-2-8-15(14)20-10-4-9-18-20/h4,9-10,12-15H,1-3,5-8,11,17H2,(H,19,21)/t12-,13-,14?,15?/m1/s1. The van der Waals surface area contributed by atoms with Crippen molar-refractivity contribution >= 4 is 5.91 Å². The molecule has 3 N–H and O–H groups in total. The quantitative estimate of drug-likeness (QED) is 0.889. The number of nitrogens with zero attached hydrogens (tertiary/aromatic N) is 2. The molecule has 1 amide bonds. The van der Waals surface area contributed by atoms with Crippen LogP contribution < -0.4 is 11.1 Å². The molecule has 2 aliphatic carbocycles. The van der Waals surface area contributed by atoms with Crippen molar-refractivity contribution in [2.45, 2.75) is 57.0 Å². The highest BCUT2D eigenvalue weighted by Crippen LogP contribution is 2.33. The number of rotatable bonds is 4. The molecule has 1 aromatic rings. The van der Waals surface area contributed by atoms with E-state index < -0.39 is 0 Å². The van der Waals surface area contributed by atoms with Crippen LogP contribution in [0.1, 0.15) is 51.0 Å². The van der Waals surface area contributed by atoms with Gasteiger partial charge in [0, 0.05) is 18.3 Å². The Morgan fingerprint density at radius 1 is 1.24 bits per heavy atom. The molecule has 2 aliphatic rings. The van der Waals surface area contributed by atoms with Crippen molar-refractivity contribution in [1.82, 2.24) is 15.1 Å². The van der Waals surface area contributed by atoms with Gasteiger partial charge in [0.15, 0.2) is 0 Å². The lowest BCUT2D eigenvalue weighted by atomic mass is 9.89. The number of hydrogen-bond donors (Lipinski definition) is 2. The van der Waals surface area contributed by atoms with Crippen molar-refractivity contribution in [2.75, 3.05) is 6.54 Å². The molecule has 0 saturated heterocycles. The predicted octanol–water partition coefficient (Wildman–Crippen LogP) is 1.86. The van der Waals surface area contributed by atoms with Gasteiger partial charge in [-0.25, -0.2) is 0 Å². The third-order valence-electron chi connectivity index (χ3n) is 5.22. The Morgan fingerprint density at radius 2 is 2.10 bits per heavy atom. The first-order chi connectivity index (χ1) is 10.3. The minimum absolute atomic E-state index is 0.121. The van der Waals surface area contributed by atoms with Crippen molar-refractivity contribution in [2.24, 2.45) is 17.6 Å². The zero-order valence-electron chi connectivity index (χ0n) is 12.6. The fraction of sp³-hybridized carbons (Fsp3) is 0.750. The summed E-state index contributed by atoms with van der Waals surface area (Å²) in [6, 6.07) is 2.47. The van der Waals surface area contributed by atoms with Gasteiger partial charge in [-0.3, -0.25) is 9.48 Å². The van der Waals surface area contributed by atoms with Gasteiger partial charge in [-0.2, -0.15) is 5.10 Å². The second-order valence-electron chi connectivity index (χ2n) is 6.49. The van der Waals surface area contributed by atoms with E-state index in [-0.39, 0.29) is 17.9 Å². The van der Waals surface area contributed by atoms with Crippen LogP contribution in [0.3, 0.4) is 0 Å². The van der Waals surface area contributed by atoms with E-state index in [0.717, 1.165) is 32.1 Å². The van der Waals surface area contributed by atoms with E-state index >= 15 is 0 Å². The lowest BCUT2D eigenvalue weighted by molar-refractivity contribution is -0.127. The minimum atomic E-state index is 0.121. The van der Waals surface area contributed by atoms with Gasteiger partial charge in [0.1, 0.15) is 0 Å². The molecule has 4 atom stereocenters. The van der Waals surface area contributed by atoms with Crippen LogP contribution in [0, 0.1) is 11.8 Å². The fourth-order valence-corrected chi connectivity index (χ4v) is 4.03. The van der Waals surface area contributed by atoms with Crippen molar-refractivity contribution in [1.29, 1.82) is 0 Å². The Morgan fingerprint density at radius 3 is 2.86 bits per heavy atom. The summed E-state index contributed by atoms with van der Waals surface area (Å²) in [6.45, 7) is 0.630. The van der Waals surface area contributed by atoms with Gasteiger partial charge in [-0.15, -0.1) is 0 Å². The molecular formula is C16H26N4O. The summed E-state index contributed by atoms with van der Waals surface area (Å²) in [5, 5.41) is 7.68. The van der Waals surface area contributed by atoms with E-state index in [0.29, 0.717) is 18.5 Å². The second kappa shape index (κ2) is 6.60. The second-order valence-corrected chi connectivity index (χ2v) is 6.49. The summed E-state index contributed by atoms with van der Waals surface area (Å²) in [4.78, 5) is 12.6. The minimum Gasteiger partial charge on any atom is -0.351 e. The van der Waals surface area contributed by atoms with Crippen LogP contribution in [0.2, 0.25) is 0 Å². The van der Waals surface area contributed by atoms with Crippen LogP contribution in [0.15, 0.2) is 18.5 Å². The summed E-state index contributed by atoms with van der Waals surface area (Å²) < 4.78 is 2.01. The molecule has 0 spiro atoms. The maximum atomic E-state index is 12.6. The summed E-state index contributed by atoms with van der Waals surface area (Å²) >= 11 is 0. The molecule has 21 heavy (non-hydrogen) atoms. The average molecular weight is 290 g/mol. The molecule has 116 valence electrons. The van der Waals surface area contributed by atoms with Gasteiger partial charge in [0.05, 0.1) is 12.1 Å². The molecule has 2 saturated carbocycles. The lowest BCUT2D eigenvalue weighted by Crippen LogP contribution is -2.46. The number of carbonyl (C=O) groups excluding carboxylic acids is 1. The van der Waals surface area contributed by atoms with Crippen molar-refractivity contribution < 1.29 is 4.79 Å². The van der Waals surface area contributed by atoms with Gasteiger partial charge in [0.2, 0.25) is 5.91 Å². The maximum Gasteiger partial charge on any atom is 0.223 e. The predicted molar refractivity (Wildman–Crippen MR) is 81.5 cm³/mol. The lowest BCUT2D eigenvalue weighted by Gasteiger charge is -2.33. The monoisotopic (exact) mass is 290 g/mol. The largest absolute Gasteiger partial charge is 0.351 e. The number of aromatic nitrogens is 2. The number of nitrogens with one attached hydrogen (secondary N) is 1. The van der Waals surface area contributed by atoms with Crippen LogP contribution in [-0.4, -0.2) is 28.3 Å². The van der Waals surface area contributed by atoms with E-state index in [9.17, 15) is 4.79 Å². The zero-order valence-corrected chi connectivity index (χ0v) is 12.6. The first kappa shape index (κ1) is 14.6. The SMILES string of the molecule is NC[C@H]1CCC[C@H]1C(=O)NC1CCCCC1n1cccn1. The molecule has 5 nitrogen and oxygen atoms in total. The van der Waals surface area contributed by atoms with Crippen molar-refractivity contribution in [3.05, 3.63) is 18.5 Å². The van der Waals surface area contributed by atoms with Crippen LogP contribution in [-0.2, 0) is 4.79 Å². The van der Waals surface area contributed by atoms with Gasteiger partial charge < -0.3 is 11.1 Å². The van der Waals surface area contributed by atoms with E-state index in [1.807, 2.05) is 23.1 Å². The molecule has 2 fully saturated rings. The summed E-state index contributed by atoms with van der Waals surface area (Å²) in [5.74, 6) is 0.707. The summed E-state index contributed by atoms with van der Waals surface area (Å²) in [7, 11) is 0. The highest BCUT2D eigenvalue weighted by atomic mass is 16.2. The Bertz CT molecular complexity index is 459. The van der Waals surface area contributed by atoms with Crippen LogP contribution in [0.4, 0.5) is 0 Å². The third-order valence-corrected chi connectivity index (χ3v) is 5.22. The summed E-state index contributed by atoms with van der Waals surface area (Å²) in [6.07, 6.45) is 11.6. The van der Waals surface area contributed by atoms with E-state index in [4.69, 9.17) is 5.73 Å². The van der Waals surface area contributed by atoms with Gasteiger partial charge >= 0.3 is 0 Å². The molecule has 2 unspecified atom stereocenters. The van der Waals surface area contributed by atoms with E-state index in [2.05, 4.69) is 10.4 Å². The maximum absolute atomic E-state index is 12.6. The van der Waals surface area contributed by atoms with E-state index in [1.54, 1.807) is 0 Å². The first-order valence-electron chi connectivity index (χ1n) is 8.29. The van der Waals surface area contributed by atoms with Gasteiger partial charge in [0.25, 0.3) is 0 Å². The Labute approximate surface area is 126 Å². The number of nitrogens with two attached hydrogens (primary N) is 1. The third kappa shape index (κ3) is 3.12. The number of carbonyl (C=O) groups is 1. The molecule has 0 bridgehead atoms. The van der Waals surface area contributed by atoms with Crippen LogP contribution in [0.25, 0.3) is 0 Å². The average Bonchev–Trinajstić information content (AvgIpc) is 3.19. The molecule has 1 heterocycles. The Balaban J connectivity index is 1.66. The molecule has 0 aliphatic heterocycles. The first-order valence-corrected chi connectivity index (χ1v) is 8.29. The molecular weight excluding hydrogens is 264 g/mol. The molecule has 3 rings (SSSR count). The Hall–Kier alpha value is -1.36. The molecule has 5 heteroatoms. The normalized spacial score (nSPS) is 33.0. The van der Waals surface area contributed by atoms with Crippen LogP contribution in [0.5, 0.6) is 0 Å². The van der Waals surface area contributed by atoms with E-state index in [1.165, 1.54) is 12.8 Å². The molecule has 0 aromatic carbocycles. The fourth-order valence-electron chi connectivity index (χ4n) is 4.03. The van der Waals surface area contributed by atoms with Crippen molar-refractivity contribution in [3.8, 4) is 0 Å². The smallest absolute Gasteiger partial charge is 0.223 e. The molecule has 1 aromatic heterocycles. The summed E-state index contributed by atoms with van der Waals surface area (Å²) in [5.41, 5.74) is 5.81. The highest BCUT2D eigenvalue weighted by Gasteiger charge is 2.35. The van der Waals surface area contributed by atoms with Crippen molar-refractivity contribution in [3.63, 3.8) is 0 Å². The van der Waals surface area contributed by atoms with Gasteiger partial charge in [-0.05, 0) is 44.2 Å². The number of hydrogen-bond acceptors (Lipinski definition) is 3. The highest BCUT2D eigenvalue weighted by molar-refractivity contribution is 5.79. The topological polar surface area (TPSA) is 72.9 Å². The molecule has 0 radical (unpaired) electrons. The Kier molecular flexibility index (Phi) is 4.58. The zero-order chi connectivity index (χ0) is 14.7. The number of amides is 1.